The van der Waals surface area contributed by atoms with E-state index in [2.05, 4.69) is 41.4 Å². The molecule has 0 radical (unpaired) electrons. The molecule has 0 saturated carbocycles. The summed E-state index contributed by atoms with van der Waals surface area (Å²) in [5.41, 5.74) is 2.84. The van der Waals surface area contributed by atoms with Crippen LogP contribution in [0.1, 0.15) is 37.7 Å². The van der Waals surface area contributed by atoms with E-state index in [-0.39, 0.29) is 0 Å². The van der Waals surface area contributed by atoms with Crippen LogP contribution in [0.2, 0.25) is 0 Å². The summed E-state index contributed by atoms with van der Waals surface area (Å²) in [5.74, 6) is 0.679. The fraction of sp³-hybridized carbons (Fsp3) is 0.647. The monoisotopic (exact) mass is 274 g/mol. The molecule has 0 spiro atoms. The smallest absolute Gasteiger partial charge is 0.0702 e. The van der Waals surface area contributed by atoms with Crippen molar-refractivity contribution in [2.24, 2.45) is 0 Å². The number of hydrogen-bond donors (Lipinski definition) is 1. The van der Waals surface area contributed by atoms with Crippen molar-refractivity contribution in [3.63, 3.8) is 0 Å². The van der Waals surface area contributed by atoms with E-state index < -0.39 is 0 Å². The summed E-state index contributed by atoms with van der Waals surface area (Å²) < 4.78 is 5.79. The highest BCUT2D eigenvalue weighted by atomic mass is 16.5. The van der Waals surface area contributed by atoms with Gasteiger partial charge in [-0.3, -0.25) is 0 Å². The Kier molecular flexibility index (Phi) is 4.58. The third-order valence-electron chi connectivity index (χ3n) is 4.60. The Hall–Kier alpha value is -1.06. The van der Waals surface area contributed by atoms with Gasteiger partial charge in [0.2, 0.25) is 0 Å². The van der Waals surface area contributed by atoms with Crippen LogP contribution in [0.15, 0.2) is 24.3 Å². The molecule has 2 aliphatic heterocycles. The molecule has 1 aromatic carbocycles. The first-order chi connectivity index (χ1) is 9.86. The molecular weight excluding hydrogens is 248 g/mol. The molecule has 3 heteroatoms. The Morgan fingerprint density at radius 3 is 3.15 bits per heavy atom. The van der Waals surface area contributed by atoms with Crippen LogP contribution in [0.4, 0.5) is 5.69 Å². The van der Waals surface area contributed by atoms with Gasteiger partial charge in [0.05, 0.1) is 6.10 Å². The molecule has 1 fully saturated rings. The van der Waals surface area contributed by atoms with Crippen molar-refractivity contribution in [1.29, 1.82) is 0 Å². The van der Waals surface area contributed by atoms with Crippen molar-refractivity contribution >= 4 is 5.69 Å². The quantitative estimate of drug-likeness (QED) is 0.893. The summed E-state index contributed by atoms with van der Waals surface area (Å²) >= 11 is 0. The van der Waals surface area contributed by atoms with Gasteiger partial charge in [0.15, 0.2) is 0 Å². The standard InChI is InChI=1S/C17H26N2O/c1-2-20-15-6-5-10-19(13-15)11-9-14-12-18-17-8-4-3-7-16(14)17/h3-4,7-8,14-15,18H,2,5-6,9-13H2,1H3. The minimum absolute atomic E-state index is 0.461. The number of rotatable bonds is 5. The fourth-order valence-electron chi connectivity index (χ4n) is 3.54. The van der Waals surface area contributed by atoms with E-state index in [9.17, 15) is 0 Å². The number of ether oxygens (including phenoxy) is 1. The lowest BCUT2D eigenvalue weighted by Gasteiger charge is -2.33. The van der Waals surface area contributed by atoms with Crippen molar-refractivity contribution in [2.75, 3.05) is 38.1 Å². The highest BCUT2D eigenvalue weighted by molar-refractivity contribution is 5.57. The van der Waals surface area contributed by atoms with Crippen LogP contribution in [0.3, 0.4) is 0 Å². The first-order valence-corrected chi connectivity index (χ1v) is 8.03. The molecule has 3 nitrogen and oxygen atoms in total. The second-order valence-electron chi connectivity index (χ2n) is 5.97. The zero-order valence-corrected chi connectivity index (χ0v) is 12.5. The molecular formula is C17H26N2O. The molecule has 20 heavy (non-hydrogen) atoms. The van der Waals surface area contributed by atoms with E-state index in [0.29, 0.717) is 12.0 Å². The molecule has 110 valence electrons. The van der Waals surface area contributed by atoms with Crippen LogP contribution in [0, 0.1) is 0 Å². The maximum atomic E-state index is 5.79. The van der Waals surface area contributed by atoms with Gasteiger partial charge in [-0.1, -0.05) is 18.2 Å². The highest BCUT2D eigenvalue weighted by Gasteiger charge is 2.24. The Bertz CT molecular complexity index is 433. The van der Waals surface area contributed by atoms with Crippen LogP contribution in [0.5, 0.6) is 0 Å². The number of likely N-dealkylation sites (tertiary alicyclic amines) is 1. The lowest BCUT2D eigenvalue weighted by atomic mass is 9.97. The SMILES string of the molecule is CCOC1CCCN(CCC2CNc3ccccc32)C1. The van der Waals surface area contributed by atoms with Gasteiger partial charge in [0.1, 0.15) is 0 Å². The van der Waals surface area contributed by atoms with Crippen LogP contribution in [-0.2, 0) is 4.74 Å². The molecule has 1 saturated heterocycles. The number of anilines is 1. The van der Waals surface area contributed by atoms with E-state index in [0.717, 1.165) is 19.7 Å². The van der Waals surface area contributed by atoms with Crippen molar-refractivity contribution < 1.29 is 4.74 Å². The van der Waals surface area contributed by atoms with Crippen LogP contribution < -0.4 is 5.32 Å². The summed E-state index contributed by atoms with van der Waals surface area (Å²) in [4.78, 5) is 2.59. The van der Waals surface area contributed by atoms with Crippen molar-refractivity contribution in [1.82, 2.24) is 4.90 Å². The van der Waals surface area contributed by atoms with Crippen LogP contribution in [0.25, 0.3) is 0 Å². The third kappa shape index (κ3) is 3.15. The van der Waals surface area contributed by atoms with Crippen LogP contribution in [-0.4, -0.2) is 43.8 Å². The fourth-order valence-corrected chi connectivity index (χ4v) is 3.54. The summed E-state index contributed by atoms with van der Waals surface area (Å²) in [6, 6.07) is 8.75. The van der Waals surface area contributed by atoms with E-state index >= 15 is 0 Å². The maximum Gasteiger partial charge on any atom is 0.0702 e. The lowest BCUT2D eigenvalue weighted by molar-refractivity contribution is 0.00537. The second-order valence-corrected chi connectivity index (χ2v) is 5.97. The Morgan fingerprint density at radius 1 is 1.35 bits per heavy atom. The Morgan fingerprint density at radius 2 is 2.25 bits per heavy atom. The molecule has 2 heterocycles. The summed E-state index contributed by atoms with van der Waals surface area (Å²) in [6.45, 7) is 7.60. The van der Waals surface area contributed by atoms with Crippen molar-refractivity contribution in [2.45, 2.75) is 38.2 Å². The van der Waals surface area contributed by atoms with Gasteiger partial charge in [-0.05, 0) is 50.9 Å². The van der Waals surface area contributed by atoms with Gasteiger partial charge in [-0.2, -0.15) is 0 Å². The van der Waals surface area contributed by atoms with Crippen molar-refractivity contribution in [3.8, 4) is 0 Å². The molecule has 1 aromatic rings. The average molecular weight is 274 g/mol. The molecule has 3 rings (SSSR count). The minimum Gasteiger partial charge on any atom is -0.384 e. The first-order valence-electron chi connectivity index (χ1n) is 8.03. The number of benzene rings is 1. The molecule has 2 aliphatic rings. The van der Waals surface area contributed by atoms with E-state index in [1.165, 1.54) is 43.6 Å². The van der Waals surface area contributed by atoms with Gasteiger partial charge in [0, 0.05) is 31.3 Å². The number of para-hydroxylation sites is 1. The third-order valence-corrected chi connectivity index (χ3v) is 4.60. The number of piperidine rings is 1. The summed E-state index contributed by atoms with van der Waals surface area (Å²) in [7, 11) is 0. The van der Waals surface area contributed by atoms with Gasteiger partial charge in [-0.25, -0.2) is 0 Å². The molecule has 0 aliphatic carbocycles. The molecule has 0 amide bonds. The summed E-state index contributed by atoms with van der Waals surface area (Å²) in [6.07, 6.45) is 4.23. The van der Waals surface area contributed by atoms with Gasteiger partial charge in [0.25, 0.3) is 0 Å². The zero-order chi connectivity index (χ0) is 13.8. The molecule has 2 unspecified atom stereocenters. The molecule has 1 N–H and O–H groups in total. The Labute approximate surface area is 122 Å². The largest absolute Gasteiger partial charge is 0.384 e. The predicted molar refractivity (Wildman–Crippen MR) is 83.4 cm³/mol. The van der Waals surface area contributed by atoms with E-state index in [1.807, 2.05) is 0 Å². The lowest BCUT2D eigenvalue weighted by Crippen LogP contribution is -2.40. The highest BCUT2D eigenvalue weighted by Crippen LogP contribution is 2.33. The average Bonchev–Trinajstić information content (AvgIpc) is 2.89. The predicted octanol–water partition coefficient (Wildman–Crippen LogP) is 3.09. The first kappa shape index (κ1) is 13.9. The van der Waals surface area contributed by atoms with E-state index in [4.69, 9.17) is 4.74 Å². The summed E-state index contributed by atoms with van der Waals surface area (Å²) in [5, 5.41) is 3.52. The minimum atomic E-state index is 0.461. The topological polar surface area (TPSA) is 24.5 Å². The maximum absolute atomic E-state index is 5.79. The molecule has 0 bridgehead atoms. The van der Waals surface area contributed by atoms with Gasteiger partial charge < -0.3 is 15.0 Å². The van der Waals surface area contributed by atoms with Gasteiger partial charge >= 0.3 is 0 Å². The Balaban J connectivity index is 1.50. The number of nitrogens with zero attached hydrogens (tertiary/aromatic N) is 1. The number of hydrogen-bond acceptors (Lipinski definition) is 3. The van der Waals surface area contributed by atoms with Crippen molar-refractivity contribution in [3.05, 3.63) is 29.8 Å². The zero-order valence-electron chi connectivity index (χ0n) is 12.5. The molecule has 2 atom stereocenters. The van der Waals surface area contributed by atoms with E-state index in [1.54, 1.807) is 0 Å². The molecule has 0 aromatic heterocycles. The second kappa shape index (κ2) is 6.59. The normalized spacial score (nSPS) is 26.2. The van der Waals surface area contributed by atoms with Gasteiger partial charge in [-0.15, -0.1) is 0 Å². The number of fused-ring (bicyclic) bond motifs is 1. The van der Waals surface area contributed by atoms with Crippen LogP contribution >= 0.6 is 0 Å². The number of nitrogens with one attached hydrogen (secondary N) is 1.